The molecule has 8 nitrogen and oxygen atoms in total. The third kappa shape index (κ3) is 4.30. The van der Waals surface area contributed by atoms with Crippen molar-refractivity contribution in [3.8, 4) is 11.5 Å². The van der Waals surface area contributed by atoms with Gasteiger partial charge in [0.1, 0.15) is 23.3 Å². The number of imidazole rings is 1. The molecule has 4 heterocycles. The molecule has 1 N–H and O–H groups in total. The molecule has 1 aliphatic heterocycles. The predicted octanol–water partition coefficient (Wildman–Crippen LogP) is 4.63. The smallest absolute Gasteiger partial charge is 0.229 e. The summed E-state index contributed by atoms with van der Waals surface area (Å²) in [6.07, 6.45) is 6.05. The van der Waals surface area contributed by atoms with E-state index in [-0.39, 0.29) is 6.10 Å². The van der Waals surface area contributed by atoms with Gasteiger partial charge in [0.15, 0.2) is 5.65 Å². The van der Waals surface area contributed by atoms with Gasteiger partial charge in [0.25, 0.3) is 0 Å². The fourth-order valence-electron chi connectivity index (χ4n) is 4.30. The van der Waals surface area contributed by atoms with Crippen LogP contribution in [0.4, 0.5) is 11.6 Å². The van der Waals surface area contributed by atoms with Gasteiger partial charge in [-0.2, -0.15) is 4.98 Å². The second-order valence-electron chi connectivity index (χ2n) is 8.94. The van der Waals surface area contributed by atoms with E-state index in [0.717, 1.165) is 59.7 Å². The highest BCUT2D eigenvalue weighted by molar-refractivity contribution is 5.79. The zero-order valence-electron chi connectivity index (χ0n) is 19.6. The summed E-state index contributed by atoms with van der Waals surface area (Å²) in [5.74, 6) is 2.33. The molecule has 3 aromatic heterocycles. The molecule has 1 aromatic carbocycles. The van der Waals surface area contributed by atoms with Crippen molar-refractivity contribution in [3.05, 3.63) is 48.4 Å². The first-order chi connectivity index (χ1) is 16.0. The number of nitrogens with zero attached hydrogens (tertiary/aromatic N) is 5. The predicted molar refractivity (Wildman–Crippen MR) is 130 cm³/mol. The first-order valence-electron chi connectivity index (χ1n) is 11.4. The van der Waals surface area contributed by atoms with E-state index >= 15 is 0 Å². The zero-order chi connectivity index (χ0) is 22.9. The minimum Gasteiger partial charge on any atom is -0.494 e. The van der Waals surface area contributed by atoms with Crippen molar-refractivity contribution in [2.45, 2.75) is 38.7 Å². The Morgan fingerprint density at radius 2 is 1.88 bits per heavy atom. The van der Waals surface area contributed by atoms with E-state index in [9.17, 15) is 0 Å². The highest BCUT2D eigenvalue weighted by Crippen LogP contribution is 2.32. The molecular formula is C25H30N6O2. The van der Waals surface area contributed by atoms with Crippen LogP contribution in [0.25, 0.3) is 16.7 Å². The summed E-state index contributed by atoms with van der Waals surface area (Å²) in [6, 6.07) is 9.84. The summed E-state index contributed by atoms with van der Waals surface area (Å²) >= 11 is 0. The quantitative estimate of drug-likeness (QED) is 0.463. The lowest BCUT2D eigenvalue weighted by atomic mass is 10.1. The van der Waals surface area contributed by atoms with Gasteiger partial charge in [-0.05, 0) is 50.1 Å². The Morgan fingerprint density at radius 3 is 2.64 bits per heavy atom. The van der Waals surface area contributed by atoms with Crippen LogP contribution < -0.4 is 14.8 Å². The van der Waals surface area contributed by atoms with Gasteiger partial charge in [-0.25, -0.2) is 9.97 Å². The lowest BCUT2D eigenvalue weighted by Gasteiger charge is -2.29. The van der Waals surface area contributed by atoms with Gasteiger partial charge in [0.05, 0.1) is 12.8 Å². The van der Waals surface area contributed by atoms with Crippen molar-refractivity contribution in [2.75, 3.05) is 32.6 Å². The second-order valence-corrected chi connectivity index (χ2v) is 8.94. The fraction of sp³-hybridized carbons (Fsp3) is 0.400. The molecule has 0 atom stereocenters. The summed E-state index contributed by atoms with van der Waals surface area (Å²) in [7, 11) is 3.81. The Hall–Kier alpha value is -3.39. The number of anilines is 2. The molecule has 33 heavy (non-hydrogen) atoms. The Labute approximate surface area is 193 Å². The Bertz CT molecular complexity index is 1280. The molecular weight excluding hydrogens is 416 g/mol. The molecule has 1 fully saturated rings. The van der Waals surface area contributed by atoms with Crippen LogP contribution in [0, 0.1) is 0 Å². The van der Waals surface area contributed by atoms with Crippen LogP contribution in [0.1, 0.15) is 38.3 Å². The summed E-state index contributed by atoms with van der Waals surface area (Å²) in [6.45, 7) is 6.43. The topological polar surface area (TPSA) is 76.8 Å². The number of ether oxygens (including phenoxy) is 2. The molecule has 8 heteroatoms. The van der Waals surface area contributed by atoms with Crippen LogP contribution in [0.5, 0.6) is 11.5 Å². The molecule has 0 unspecified atom stereocenters. The van der Waals surface area contributed by atoms with Gasteiger partial charge in [-0.1, -0.05) is 13.8 Å². The molecule has 0 radical (unpaired) electrons. The third-order valence-electron chi connectivity index (χ3n) is 6.22. The van der Waals surface area contributed by atoms with Crippen molar-refractivity contribution in [3.63, 3.8) is 0 Å². The van der Waals surface area contributed by atoms with Crippen LogP contribution >= 0.6 is 0 Å². The number of benzene rings is 1. The van der Waals surface area contributed by atoms with Crippen LogP contribution in [0.3, 0.4) is 0 Å². The van der Waals surface area contributed by atoms with E-state index in [4.69, 9.17) is 14.5 Å². The highest BCUT2D eigenvalue weighted by Gasteiger charge is 2.19. The average Bonchev–Trinajstić information content (AvgIpc) is 3.27. The maximum absolute atomic E-state index is 6.21. The molecule has 0 saturated carbocycles. The van der Waals surface area contributed by atoms with Crippen LogP contribution in [-0.4, -0.2) is 57.6 Å². The number of hydrogen-bond donors (Lipinski definition) is 1. The van der Waals surface area contributed by atoms with Crippen molar-refractivity contribution in [1.82, 2.24) is 24.3 Å². The number of nitrogens with one attached hydrogen (secondary N) is 1. The Kier molecular flexibility index (Phi) is 5.76. The van der Waals surface area contributed by atoms with Gasteiger partial charge in [-0.3, -0.25) is 4.40 Å². The maximum Gasteiger partial charge on any atom is 0.229 e. The minimum absolute atomic E-state index is 0.237. The molecule has 0 spiro atoms. The standard InChI is InChI=1S/C25H30N6O2/c1-16(2)21-15-26-23-8-5-17-14-27-25(29-24(17)31(21)23)28-20-7-6-19(13-22(20)32-4)33-18-9-11-30(3)12-10-18/h5-8,13-16,18H,9-12H2,1-4H3,(H,27,28,29). The van der Waals surface area contributed by atoms with Crippen molar-refractivity contribution in [2.24, 2.45) is 0 Å². The SMILES string of the molecule is COc1cc(OC2CCN(C)CC2)ccc1Nc1ncc2ccc3ncc(C(C)C)n3c2n1. The number of rotatable bonds is 6. The Morgan fingerprint density at radius 1 is 1.06 bits per heavy atom. The lowest BCUT2D eigenvalue weighted by molar-refractivity contribution is 0.114. The number of pyridine rings is 1. The number of aromatic nitrogens is 4. The number of likely N-dealkylation sites (tertiary alicyclic amines) is 1. The van der Waals surface area contributed by atoms with Gasteiger partial charge >= 0.3 is 0 Å². The first-order valence-corrected chi connectivity index (χ1v) is 11.4. The second kappa shape index (κ2) is 8.86. The minimum atomic E-state index is 0.237. The van der Waals surface area contributed by atoms with Crippen LogP contribution in [-0.2, 0) is 0 Å². The van der Waals surface area contributed by atoms with E-state index in [1.165, 1.54) is 0 Å². The molecule has 172 valence electrons. The molecule has 0 bridgehead atoms. The first kappa shape index (κ1) is 21.5. The molecule has 5 rings (SSSR count). The van der Waals surface area contributed by atoms with Crippen LogP contribution in [0.15, 0.2) is 42.7 Å². The summed E-state index contributed by atoms with van der Waals surface area (Å²) < 4.78 is 13.9. The molecule has 0 aliphatic carbocycles. The summed E-state index contributed by atoms with van der Waals surface area (Å²) in [4.78, 5) is 16.2. The van der Waals surface area contributed by atoms with E-state index in [1.807, 2.05) is 42.7 Å². The largest absolute Gasteiger partial charge is 0.494 e. The third-order valence-corrected chi connectivity index (χ3v) is 6.22. The molecule has 1 aliphatic rings. The Balaban J connectivity index is 1.43. The van der Waals surface area contributed by atoms with Crippen molar-refractivity contribution >= 4 is 28.3 Å². The maximum atomic E-state index is 6.21. The lowest BCUT2D eigenvalue weighted by Crippen LogP contribution is -2.35. The van der Waals surface area contributed by atoms with Crippen molar-refractivity contribution < 1.29 is 9.47 Å². The van der Waals surface area contributed by atoms with Gasteiger partial charge in [-0.15, -0.1) is 0 Å². The normalized spacial score (nSPS) is 15.4. The van der Waals surface area contributed by atoms with E-state index in [0.29, 0.717) is 17.6 Å². The van der Waals surface area contributed by atoms with Crippen LogP contribution in [0.2, 0.25) is 0 Å². The van der Waals surface area contributed by atoms with E-state index in [2.05, 4.69) is 45.5 Å². The van der Waals surface area contributed by atoms with Crippen molar-refractivity contribution in [1.29, 1.82) is 0 Å². The average molecular weight is 447 g/mol. The van der Waals surface area contributed by atoms with E-state index in [1.54, 1.807) is 7.11 Å². The summed E-state index contributed by atoms with van der Waals surface area (Å²) in [5, 5.41) is 4.27. The number of piperidine rings is 1. The molecule has 1 saturated heterocycles. The fourth-order valence-corrected chi connectivity index (χ4v) is 4.30. The van der Waals surface area contributed by atoms with Gasteiger partial charge in [0, 0.05) is 42.6 Å². The number of hydrogen-bond acceptors (Lipinski definition) is 7. The summed E-state index contributed by atoms with van der Waals surface area (Å²) in [5.41, 5.74) is 3.61. The highest BCUT2D eigenvalue weighted by atomic mass is 16.5. The molecule has 4 aromatic rings. The van der Waals surface area contributed by atoms with E-state index < -0.39 is 0 Å². The van der Waals surface area contributed by atoms with Gasteiger partial charge in [0.2, 0.25) is 5.95 Å². The monoisotopic (exact) mass is 446 g/mol. The van der Waals surface area contributed by atoms with Gasteiger partial charge < -0.3 is 19.7 Å². The number of methoxy groups -OCH3 is 1. The number of fused-ring (bicyclic) bond motifs is 3. The molecule has 0 amide bonds. The zero-order valence-corrected chi connectivity index (χ0v) is 19.6.